The van der Waals surface area contributed by atoms with Crippen LogP contribution >= 0.6 is 0 Å². The summed E-state index contributed by atoms with van der Waals surface area (Å²) in [5, 5.41) is 2.99. The Labute approximate surface area is 122 Å². The second-order valence-electron chi connectivity index (χ2n) is 4.50. The van der Waals surface area contributed by atoms with Crippen LogP contribution in [-0.4, -0.2) is 21.3 Å². The van der Waals surface area contributed by atoms with E-state index in [0.29, 0.717) is 22.6 Å². The molecule has 3 nitrogen and oxygen atoms in total. The van der Waals surface area contributed by atoms with Gasteiger partial charge in [0, 0.05) is 17.2 Å². The summed E-state index contributed by atoms with van der Waals surface area (Å²) in [7, 11) is 4.64. The van der Waals surface area contributed by atoms with E-state index in [-0.39, 0.29) is 0 Å². The first-order chi connectivity index (χ1) is 10.1. The number of hydrogen-bond donors (Lipinski definition) is 1. The summed E-state index contributed by atoms with van der Waals surface area (Å²) in [4.78, 5) is 0. The number of benzene rings is 2. The minimum absolute atomic E-state index is 0.391. The lowest BCUT2D eigenvalue weighted by Crippen LogP contribution is -2.20. The van der Waals surface area contributed by atoms with E-state index < -0.39 is 17.7 Å². The summed E-state index contributed by atoms with van der Waals surface area (Å²) in [6, 6.07) is 8.21. The molecule has 21 heavy (non-hydrogen) atoms. The molecule has 1 atom stereocenters. The molecule has 1 unspecified atom stereocenters. The fourth-order valence-electron chi connectivity index (χ4n) is 2.28. The lowest BCUT2D eigenvalue weighted by Gasteiger charge is -2.20. The largest absolute Gasteiger partial charge is 0.497 e. The molecule has 2 aromatic carbocycles. The number of ether oxygens (including phenoxy) is 2. The Bertz CT molecular complexity index is 632. The zero-order chi connectivity index (χ0) is 15.4. The fraction of sp³-hybridized carbons (Fsp3) is 0.250. The van der Waals surface area contributed by atoms with E-state index in [0.717, 1.165) is 0 Å². The maximum absolute atomic E-state index is 14.2. The molecule has 0 aliphatic carbocycles. The zero-order valence-electron chi connectivity index (χ0n) is 12.1. The van der Waals surface area contributed by atoms with Gasteiger partial charge in [-0.1, -0.05) is 6.07 Å². The molecule has 0 bridgehead atoms. The average Bonchev–Trinajstić information content (AvgIpc) is 2.49. The average molecular weight is 293 g/mol. The second-order valence-corrected chi connectivity index (χ2v) is 4.50. The van der Waals surface area contributed by atoms with Gasteiger partial charge in [-0.15, -0.1) is 0 Å². The van der Waals surface area contributed by atoms with Crippen LogP contribution in [0.1, 0.15) is 17.2 Å². The van der Waals surface area contributed by atoms with E-state index in [1.54, 1.807) is 19.2 Å². The van der Waals surface area contributed by atoms with Crippen LogP contribution in [0.25, 0.3) is 0 Å². The molecule has 5 heteroatoms. The molecule has 112 valence electrons. The van der Waals surface area contributed by atoms with Crippen molar-refractivity contribution in [2.45, 2.75) is 6.04 Å². The van der Waals surface area contributed by atoms with Gasteiger partial charge >= 0.3 is 0 Å². The molecule has 0 aliphatic heterocycles. The van der Waals surface area contributed by atoms with Gasteiger partial charge in [0.1, 0.15) is 23.1 Å². The third-order valence-electron chi connectivity index (χ3n) is 3.31. The highest BCUT2D eigenvalue weighted by atomic mass is 19.1. The third kappa shape index (κ3) is 3.13. The molecular formula is C16H17F2NO2. The van der Waals surface area contributed by atoms with Crippen molar-refractivity contribution in [3.05, 3.63) is 59.2 Å². The summed E-state index contributed by atoms with van der Waals surface area (Å²) < 4.78 is 38.0. The summed E-state index contributed by atoms with van der Waals surface area (Å²) in [5.74, 6) is 0.0864. The number of halogens is 2. The van der Waals surface area contributed by atoms with Gasteiger partial charge < -0.3 is 14.8 Å². The van der Waals surface area contributed by atoms with E-state index >= 15 is 0 Å². The molecule has 0 amide bonds. The lowest BCUT2D eigenvalue weighted by atomic mass is 9.97. The van der Waals surface area contributed by atoms with Crippen molar-refractivity contribution in [3.63, 3.8) is 0 Å². The Morgan fingerprint density at radius 3 is 2.29 bits per heavy atom. The van der Waals surface area contributed by atoms with Crippen molar-refractivity contribution in [2.75, 3.05) is 21.3 Å². The normalized spacial score (nSPS) is 12.0. The van der Waals surface area contributed by atoms with Crippen molar-refractivity contribution < 1.29 is 18.3 Å². The molecular weight excluding hydrogens is 276 g/mol. The van der Waals surface area contributed by atoms with Gasteiger partial charge in [0.05, 0.1) is 20.3 Å². The quantitative estimate of drug-likeness (QED) is 0.917. The first-order valence-corrected chi connectivity index (χ1v) is 6.44. The predicted octanol–water partition coefficient (Wildman–Crippen LogP) is 3.29. The minimum Gasteiger partial charge on any atom is -0.497 e. The standard InChI is InChI=1S/C16H17F2NO2/c1-19-16(12-6-5-11(20-2)9-14(12)18)13-8-10(17)4-7-15(13)21-3/h4-9,16,19H,1-3H3. The van der Waals surface area contributed by atoms with Crippen molar-refractivity contribution in [1.82, 2.24) is 5.32 Å². The third-order valence-corrected chi connectivity index (χ3v) is 3.31. The summed E-state index contributed by atoms with van der Waals surface area (Å²) in [6.45, 7) is 0. The molecule has 2 aromatic rings. The molecule has 0 saturated heterocycles. The Hall–Kier alpha value is -2.14. The highest BCUT2D eigenvalue weighted by Crippen LogP contribution is 2.32. The van der Waals surface area contributed by atoms with E-state index in [1.165, 1.54) is 38.5 Å². The maximum Gasteiger partial charge on any atom is 0.132 e. The first-order valence-electron chi connectivity index (χ1n) is 6.44. The van der Waals surface area contributed by atoms with Crippen molar-refractivity contribution in [1.29, 1.82) is 0 Å². The highest BCUT2D eigenvalue weighted by molar-refractivity contribution is 5.43. The van der Waals surface area contributed by atoms with Gasteiger partial charge in [-0.25, -0.2) is 8.78 Å². The molecule has 1 N–H and O–H groups in total. The van der Waals surface area contributed by atoms with Gasteiger partial charge in [-0.3, -0.25) is 0 Å². The van der Waals surface area contributed by atoms with E-state index in [9.17, 15) is 8.78 Å². The fourth-order valence-corrected chi connectivity index (χ4v) is 2.28. The first kappa shape index (κ1) is 15.3. The van der Waals surface area contributed by atoms with Gasteiger partial charge in [-0.05, 0) is 31.3 Å². The van der Waals surface area contributed by atoms with Crippen LogP contribution in [0.4, 0.5) is 8.78 Å². The molecule has 0 saturated carbocycles. The van der Waals surface area contributed by atoms with E-state index in [2.05, 4.69) is 5.32 Å². The SMILES string of the molecule is CNC(c1ccc(OC)cc1F)c1cc(F)ccc1OC. The molecule has 0 spiro atoms. The Kier molecular flexibility index (Phi) is 4.75. The molecule has 0 heterocycles. The lowest BCUT2D eigenvalue weighted by molar-refractivity contribution is 0.401. The van der Waals surface area contributed by atoms with Crippen LogP contribution in [0.2, 0.25) is 0 Å². The Balaban J connectivity index is 2.51. The minimum atomic E-state index is -0.526. The van der Waals surface area contributed by atoms with Crippen molar-refractivity contribution in [2.24, 2.45) is 0 Å². The van der Waals surface area contributed by atoms with Crippen LogP contribution in [-0.2, 0) is 0 Å². The van der Waals surface area contributed by atoms with E-state index in [4.69, 9.17) is 9.47 Å². The molecule has 0 fully saturated rings. The van der Waals surface area contributed by atoms with Crippen molar-refractivity contribution in [3.8, 4) is 11.5 Å². The Morgan fingerprint density at radius 2 is 1.71 bits per heavy atom. The van der Waals surface area contributed by atoms with Gasteiger partial charge in [0.25, 0.3) is 0 Å². The summed E-state index contributed by atoms with van der Waals surface area (Å²) in [6.07, 6.45) is 0. The van der Waals surface area contributed by atoms with Gasteiger partial charge in [0.2, 0.25) is 0 Å². The predicted molar refractivity (Wildman–Crippen MR) is 76.8 cm³/mol. The topological polar surface area (TPSA) is 30.5 Å². The molecule has 0 aromatic heterocycles. The number of methoxy groups -OCH3 is 2. The van der Waals surface area contributed by atoms with Crippen molar-refractivity contribution >= 4 is 0 Å². The van der Waals surface area contributed by atoms with Crippen LogP contribution in [0.15, 0.2) is 36.4 Å². The maximum atomic E-state index is 14.2. The molecule has 0 aliphatic rings. The smallest absolute Gasteiger partial charge is 0.132 e. The molecule has 2 rings (SSSR count). The van der Waals surface area contributed by atoms with Crippen LogP contribution < -0.4 is 14.8 Å². The summed E-state index contributed by atoms with van der Waals surface area (Å²) >= 11 is 0. The summed E-state index contributed by atoms with van der Waals surface area (Å²) in [5.41, 5.74) is 0.922. The van der Waals surface area contributed by atoms with Crippen LogP contribution in [0, 0.1) is 11.6 Å². The zero-order valence-corrected chi connectivity index (χ0v) is 12.1. The number of hydrogen-bond acceptors (Lipinski definition) is 3. The molecule has 0 radical (unpaired) electrons. The van der Waals surface area contributed by atoms with Crippen LogP contribution in [0.5, 0.6) is 11.5 Å². The van der Waals surface area contributed by atoms with Crippen LogP contribution in [0.3, 0.4) is 0 Å². The van der Waals surface area contributed by atoms with Gasteiger partial charge in [-0.2, -0.15) is 0 Å². The van der Waals surface area contributed by atoms with E-state index in [1.807, 2.05) is 0 Å². The second kappa shape index (κ2) is 6.54. The Morgan fingerprint density at radius 1 is 0.952 bits per heavy atom. The number of rotatable bonds is 5. The van der Waals surface area contributed by atoms with Gasteiger partial charge in [0.15, 0.2) is 0 Å². The monoisotopic (exact) mass is 293 g/mol. The number of nitrogens with one attached hydrogen (secondary N) is 1. The highest BCUT2D eigenvalue weighted by Gasteiger charge is 2.21.